The Balaban J connectivity index is 2.06. The van der Waals surface area contributed by atoms with E-state index in [0.29, 0.717) is 5.56 Å². The molecule has 1 aromatic carbocycles. The number of benzene rings is 1. The molecule has 0 aromatic heterocycles. The van der Waals surface area contributed by atoms with Crippen LogP contribution in [-0.2, 0) is 20.8 Å². The summed E-state index contributed by atoms with van der Waals surface area (Å²) in [5.41, 5.74) is 1.29. The first-order chi connectivity index (χ1) is 8.49. The van der Waals surface area contributed by atoms with Gasteiger partial charge in [-0.3, -0.25) is 0 Å². The lowest BCUT2D eigenvalue weighted by molar-refractivity contribution is -0.387. The van der Waals surface area contributed by atoms with Crippen LogP contribution in [0.2, 0.25) is 0 Å². The molecular formula is C11H11F3O4. The van der Waals surface area contributed by atoms with Crippen molar-refractivity contribution in [2.75, 3.05) is 6.61 Å². The van der Waals surface area contributed by atoms with Crippen LogP contribution < -0.4 is 0 Å². The fourth-order valence-electron chi connectivity index (χ4n) is 1.76. The quantitative estimate of drug-likeness (QED) is 0.673. The fraction of sp³-hybridized carbons (Fsp3) is 0.455. The van der Waals surface area contributed by atoms with Gasteiger partial charge in [-0.05, 0) is 5.56 Å². The van der Waals surface area contributed by atoms with Crippen molar-refractivity contribution >= 4 is 0 Å². The van der Waals surface area contributed by atoms with E-state index in [-0.39, 0.29) is 6.42 Å². The molecule has 0 radical (unpaired) electrons. The minimum Gasteiger partial charge on any atom is -0.343 e. The number of alkyl halides is 3. The topological polar surface area (TPSA) is 47.9 Å². The smallest absolute Gasteiger partial charge is 0.343 e. The molecule has 1 aliphatic rings. The summed E-state index contributed by atoms with van der Waals surface area (Å²) >= 11 is 0. The average Bonchev–Trinajstić information content (AvgIpc) is 2.34. The lowest BCUT2D eigenvalue weighted by Gasteiger charge is -2.30. The van der Waals surface area contributed by atoms with E-state index in [4.69, 9.17) is 9.99 Å². The van der Waals surface area contributed by atoms with Crippen molar-refractivity contribution in [3.63, 3.8) is 0 Å². The number of halogens is 3. The predicted octanol–water partition coefficient (Wildman–Crippen LogP) is 2.65. The van der Waals surface area contributed by atoms with Crippen LogP contribution in [0, 0.1) is 0 Å². The van der Waals surface area contributed by atoms with Crippen LogP contribution in [0.15, 0.2) is 24.3 Å². The molecule has 1 N–H and O–H groups in total. The molecule has 2 rings (SSSR count). The number of hydrogen-bond donors (Lipinski definition) is 1. The molecule has 1 aliphatic heterocycles. The zero-order valence-corrected chi connectivity index (χ0v) is 9.18. The highest BCUT2D eigenvalue weighted by Crippen LogP contribution is 2.31. The molecule has 4 nitrogen and oxygen atoms in total. The van der Waals surface area contributed by atoms with Crippen molar-refractivity contribution in [2.24, 2.45) is 0 Å². The highest BCUT2D eigenvalue weighted by molar-refractivity contribution is 5.30. The Morgan fingerprint density at radius 1 is 1.33 bits per heavy atom. The Morgan fingerprint density at radius 3 is 2.72 bits per heavy atom. The van der Waals surface area contributed by atoms with Crippen molar-refractivity contribution in [1.29, 1.82) is 0 Å². The van der Waals surface area contributed by atoms with E-state index >= 15 is 0 Å². The van der Waals surface area contributed by atoms with E-state index in [1.165, 1.54) is 0 Å². The Hall–Kier alpha value is -1.15. The van der Waals surface area contributed by atoms with Crippen LogP contribution in [0.3, 0.4) is 0 Å². The lowest BCUT2D eigenvalue weighted by atomic mass is 10.0. The highest BCUT2D eigenvalue weighted by atomic mass is 19.4. The molecule has 0 fully saturated rings. The van der Waals surface area contributed by atoms with Crippen LogP contribution in [0.4, 0.5) is 13.2 Å². The molecule has 0 saturated heterocycles. The molecule has 0 aliphatic carbocycles. The summed E-state index contributed by atoms with van der Waals surface area (Å²) in [4.78, 5) is 4.10. The van der Waals surface area contributed by atoms with E-state index in [2.05, 4.69) is 9.62 Å². The zero-order valence-electron chi connectivity index (χ0n) is 9.18. The molecular weight excluding hydrogens is 253 g/mol. The molecule has 1 heterocycles. The largest absolute Gasteiger partial charge is 0.411 e. The summed E-state index contributed by atoms with van der Waals surface area (Å²) in [5.74, 6) is 0. The molecule has 0 amide bonds. The number of ether oxygens (including phenoxy) is 2. The molecule has 100 valence electrons. The van der Waals surface area contributed by atoms with Crippen molar-refractivity contribution < 1.29 is 32.8 Å². The summed E-state index contributed by atoms with van der Waals surface area (Å²) in [5, 5.41) is 8.68. The molecule has 2 atom stereocenters. The van der Waals surface area contributed by atoms with Crippen LogP contribution in [-0.4, -0.2) is 24.3 Å². The van der Waals surface area contributed by atoms with Gasteiger partial charge in [-0.2, -0.15) is 13.2 Å². The Bertz CT molecular complexity index is 408. The van der Waals surface area contributed by atoms with Crippen LogP contribution in [0.1, 0.15) is 17.4 Å². The van der Waals surface area contributed by atoms with E-state index in [0.717, 1.165) is 5.56 Å². The maximum absolute atomic E-state index is 12.0. The van der Waals surface area contributed by atoms with Gasteiger partial charge in [-0.25, -0.2) is 10.1 Å². The van der Waals surface area contributed by atoms with E-state index < -0.39 is 25.4 Å². The minimum absolute atomic E-state index is 0.173. The first-order valence-electron chi connectivity index (χ1n) is 5.21. The second-order valence-electron chi connectivity index (χ2n) is 3.83. The minimum atomic E-state index is -4.42. The Labute approximate surface area is 101 Å². The average molecular weight is 264 g/mol. The Kier molecular flexibility index (Phi) is 3.86. The SMILES string of the molecule is OOC1OC(OCC(F)(F)F)Cc2ccccc21. The number of rotatable bonds is 3. The van der Waals surface area contributed by atoms with Gasteiger partial charge in [0.1, 0.15) is 6.61 Å². The van der Waals surface area contributed by atoms with E-state index in [1.54, 1.807) is 24.3 Å². The summed E-state index contributed by atoms with van der Waals surface area (Å²) in [6, 6.07) is 6.83. The molecule has 18 heavy (non-hydrogen) atoms. The third kappa shape index (κ3) is 3.20. The summed E-state index contributed by atoms with van der Waals surface area (Å²) in [6.45, 7) is -1.40. The molecule has 0 bridgehead atoms. The molecule has 1 aromatic rings. The van der Waals surface area contributed by atoms with Gasteiger partial charge in [-0.15, -0.1) is 0 Å². The maximum atomic E-state index is 12.0. The monoisotopic (exact) mass is 264 g/mol. The maximum Gasteiger partial charge on any atom is 0.411 e. The van der Waals surface area contributed by atoms with E-state index in [9.17, 15) is 13.2 Å². The van der Waals surface area contributed by atoms with Gasteiger partial charge in [0, 0.05) is 12.0 Å². The summed E-state index contributed by atoms with van der Waals surface area (Å²) in [7, 11) is 0. The fourth-order valence-corrected chi connectivity index (χ4v) is 1.76. The van der Waals surface area contributed by atoms with Gasteiger partial charge >= 0.3 is 6.18 Å². The third-order valence-electron chi connectivity index (χ3n) is 2.50. The lowest BCUT2D eigenvalue weighted by Crippen LogP contribution is -2.32. The van der Waals surface area contributed by atoms with Crippen LogP contribution in [0.5, 0.6) is 0 Å². The van der Waals surface area contributed by atoms with Gasteiger partial charge in [0.15, 0.2) is 6.29 Å². The molecule has 2 unspecified atom stereocenters. The van der Waals surface area contributed by atoms with Crippen molar-refractivity contribution in [1.82, 2.24) is 0 Å². The van der Waals surface area contributed by atoms with Gasteiger partial charge in [-0.1, -0.05) is 24.3 Å². The van der Waals surface area contributed by atoms with E-state index in [1.807, 2.05) is 0 Å². The second-order valence-corrected chi connectivity index (χ2v) is 3.83. The molecule has 0 spiro atoms. The van der Waals surface area contributed by atoms with Crippen molar-refractivity contribution in [2.45, 2.75) is 25.2 Å². The van der Waals surface area contributed by atoms with Gasteiger partial charge in [0.2, 0.25) is 6.29 Å². The van der Waals surface area contributed by atoms with Gasteiger partial charge < -0.3 is 9.47 Å². The predicted molar refractivity (Wildman–Crippen MR) is 53.5 cm³/mol. The number of hydrogen-bond acceptors (Lipinski definition) is 4. The first kappa shape index (κ1) is 13.3. The standard InChI is InChI=1S/C11H11F3O4/c12-11(13,14)6-16-9-5-7-3-1-2-4-8(7)10(17-9)18-15/h1-4,9-10,15H,5-6H2. The van der Waals surface area contributed by atoms with Crippen molar-refractivity contribution in [3.8, 4) is 0 Å². The molecule has 0 saturated carbocycles. The van der Waals surface area contributed by atoms with Crippen LogP contribution >= 0.6 is 0 Å². The van der Waals surface area contributed by atoms with Crippen molar-refractivity contribution in [3.05, 3.63) is 35.4 Å². The summed E-state index contributed by atoms with van der Waals surface area (Å²) < 4.78 is 45.7. The molecule has 7 heteroatoms. The first-order valence-corrected chi connectivity index (χ1v) is 5.21. The normalized spacial score (nSPS) is 23.8. The highest BCUT2D eigenvalue weighted by Gasteiger charge is 2.33. The number of fused-ring (bicyclic) bond motifs is 1. The summed E-state index contributed by atoms with van der Waals surface area (Å²) in [6.07, 6.45) is -6.48. The van der Waals surface area contributed by atoms with Gasteiger partial charge in [0.05, 0.1) is 0 Å². The Morgan fingerprint density at radius 2 is 2.06 bits per heavy atom. The van der Waals surface area contributed by atoms with Crippen LogP contribution in [0.25, 0.3) is 0 Å². The van der Waals surface area contributed by atoms with Gasteiger partial charge in [0.25, 0.3) is 0 Å². The third-order valence-corrected chi connectivity index (χ3v) is 2.50. The zero-order chi connectivity index (χ0) is 13.2. The second kappa shape index (κ2) is 5.23.